The molecule has 0 fully saturated rings. The molecule has 0 aliphatic carbocycles. The minimum Gasteiger partial charge on any atom is -0.370 e. The molecule has 18 heavy (non-hydrogen) atoms. The zero-order chi connectivity index (χ0) is 13.8. The Balaban J connectivity index is 3.16. The predicted molar refractivity (Wildman–Crippen MR) is 86.0 cm³/mol. The van der Waals surface area contributed by atoms with Crippen LogP contribution < -0.4 is 5.73 Å². The SMILES string of the molecule is COC(CCC(N)=O)(OC)c1cc(I)ccc1I. The average molecular weight is 475 g/mol. The van der Waals surface area contributed by atoms with Crippen LogP contribution in [-0.2, 0) is 20.1 Å². The van der Waals surface area contributed by atoms with Crippen LogP contribution in [0.5, 0.6) is 0 Å². The molecule has 0 atom stereocenters. The highest BCUT2D eigenvalue weighted by Crippen LogP contribution is 2.35. The molecular weight excluding hydrogens is 460 g/mol. The molecule has 100 valence electrons. The van der Waals surface area contributed by atoms with Crippen molar-refractivity contribution >= 4 is 51.1 Å². The summed E-state index contributed by atoms with van der Waals surface area (Å²) in [6.07, 6.45) is 0.606. The lowest BCUT2D eigenvalue weighted by Crippen LogP contribution is -2.33. The fraction of sp³-hybridized carbons (Fsp3) is 0.417. The quantitative estimate of drug-likeness (QED) is 0.509. The molecule has 0 spiro atoms. The molecule has 0 saturated carbocycles. The van der Waals surface area contributed by atoms with Gasteiger partial charge in [0.2, 0.25) is 5.91 Å². The molecule has 0 aliphatic heterocycles. The van der Waals surface area contributed by atoms with Gasteiger partial charge >= 0.3 is 0 Å². The molecule has 0 bridgehead atoms. The van der Waals surface area contributed by atoms with Gasteiger partial charge in [0, 0.05) is 39.8 Å². The van der Waals surface area contributed by atoms with Crippen molar-refractivity contribution in [3.63, 3.8) is 0 Å². The van der Waals surface area contributed by atoms with Crippen molar-refractivity contribution in [1.82, 2.24) is 0 Å². The first kappa shape index (κ1) is 16.1. The summed E-state index contributed by atoms with van der Waals surface area (Å²) in [5.74, 6) is -1.29. The van der Waals surface area contributed by atoms with E-state index in [4.69, 9.17) is 15.2 Å². The first-order valence-electron chi connectivity index (χ1n) is 5.29. The zero-order valence-electron chi connectivity index (χ0n) is 10.2. The molecule has 2 N–H and O–H groups in total. The van der Waals surface area contributed by atoms with Crippen molar-refractivity contribution in [3.05, 3.63) is 30.9 Å². The minimum atomic E-state index is -0.924. The highest BCUT2D eigenvalue weighted by molar-refractivity contribution is 14.1. The normalized spacial score (nSPS) is 11.6. The summed E-state index contributed by atoms with van der Waals surface area (Å²) in [7, 11) is 3.14. The third kappa shape index (κ3) is 3.78. The van der Waals surface area contributed by atoms with Crippen molar-refractivity contribution in [3.8, 4) is 0 Å². The van der Waals surface area contributed by atoms with E-state index in [2.05, 4.69) is 45.2 Å². The number of rotatable bonds is 6. The number of hydrogen-bond acceptors (Lipinski definition) is 3. The Morgan fingerprint density at radius 1 is 1.33 bits per heavy atom. The van der Waals surface area contributed by atoms with Crippen LogP contribution in [0.4, 0.5) is 0 Å². The van der Waals surface area contributed by atoms with E-state index < -0.39 is 5.79 Å². The molecule has 0 heterocycles. The fourth-order valence-electron chi connectivity index (χ4n) is 1.72. The van der Waals surface area contributed by atoms with E-state index >= 15 is 0 Å². The third-order valence-electron chi connectivity index (χ3n) is 2.70. The number of carbonyl (C=O) groups is 1. The maximum Gasteiger partial charge on any atom is 0.217 e. The molecule has 1 amide bonds. The first-order valence-corrected chi connectivity index (χ1v) is 7.45. The summed E-state index contributed by atoms with van der Waals surface area (Å²) in [5, 5.41) is 0. The Morgan fingerprint density at radius 3 is 2.44 bits per heavy atom. The molecule has 4 nitrogen and oxygen atoms in total. The average Bonchev–Trinajstić information content (AvgIpc) is 2.35. The molecule has 6 heteroatoms. The maximum absolute atomic E-state index is 11.0. The summed E-state index contributed by atoms with van der Waals surface area (Å²) >= 11 is 4.46. The Labute approximate surface area is 134 Å². The monoisotopic (exact) mass is 475 g/mol. The standard InChI is InChI=1S/C12H15I2NO3/c1-17-12(18-2,6-5-11(15)16)9-7-8(13)3-4-10(9)14/h3-4,7H,5-6H2,1-2H3,(H2,15,16). The van der Waals surface area contributed by atoms with Crippen LogP contribution in [0.2, 0.25) is 0 Å². The molecule has 1 aromatic carbocycles. The van der Waals surface area contributed by atoms with Gasteiger partial charge in [0.15, 0.2) is 5.79 Å². The van der Waals surface area contributed by atoms with Gasteiger partial charge in [-0.15, -0.1) is 0 Å². The minimum absolute atomic E-state index is 0.212. The Morgan fingerprint density at radius 2 is 1.94 bits per heavy atom. The maximum atomic E-state index is 11.0. The summed E-state index contributed by atoms with van der Waals surface area (Å²) in [5.41, 5.74) is 6.12. The molecular formula is C12H15I2NO3. The molecule has 1 rings (SSSR count). The van der Waals surface area contributed by atoms with Crippen LogP contribution in [0.1, 0.15) is 18.4 Å². The van der Waals surface area contributed by atoms with Crippen LogP contribution >= 0.6 is 45.2 Å². The van der Waals surface area contributed by atoms with Gasteiger partial charge in [0.1, 0.15) is 0 Å². The second-order valence-electron chi connectivity index (χ2n) is 3.75. The number of ether oxygens (including phenoxy) is 2. The highest BCUT2D eigenvalue weighted by atomic mass is 127. The number of nitrogens with two attached hydrogens (primary N) is 1. The van der Waals surface area contributed by atoms with Crippen molar-refractivity contribution in [2.45, 2.75) is 18.6 Å². The van der Waals surface area contributed by atoms with E-state index in [1.807, 2.05) is 18.2 Å². The predicted octanol–water partition coefficient (Wildman–Crippen LogP) is 2.61. The van der Waals surface area contributed by atoms with Gasteiger partial charge in [-0.25, -0.2) is 0 Å². The van der Waals surface area contributed by atoms with Crippen LogP contribution in [0.25, 0.3) is 0 Å². The van der Waals surface area contributed by atoms with E-state index in [-0.39, 0.29) is 12.3 Å². The van der Waals surface area contributed by atoms with Gasteiger partial charge in [0.05, 0.1) is 0 Å². The van der Waals surface area contributed by atoms with Gasteiger partial charge in [-0.1, -0.05) is 0 Å². The second kappa shape index (κ2) is 7.01. The number of carbonyl (C=O) groups excluding carboxylic acids is 1. The van der Waals surface area contributed by atoms with Gasteiger partial charge in [-0.3, -0.25) is 4.79 Å². The van der Waals surface area contributed by atoms with E-state index in [0.29, 0.717) is 6.42 Å². The molecule has 0 saturated heterocycles. The Hall–Kier alpha value is 0.0700. The van der Waals surface area contributed by atoms with Gasteiger partial charge in [0.25, 0.3) is 0 Å². The van der Waals surface area contributed by atoms with Crippen molar-refractivity contribution < 1.29 is 14.3 Å². The topological polar surface area (TPSA) is 61.5 Å². The van der Waals surface area contributed by atoms with E-state index in [1.54, 1.807) is 14.2 Å². The summed E-state index contributed by atoms with van der Waals surface area (Å²) in [4.78, 5) is 11.0. The number of methoxy groups -OCH3 is 2. The van der Waals surface area contributed by atoms with Crippen LogP contribution in [-0.4, -0.2) is 20.1 Å². The van der Waals surface area contributed by atoms with Crippen molar-refractivity contribution in [2.24, 2.45) is 5.73 Å². The van der Waals surface area contributed by atoms with Crippen LogP contribution in [0.3, 0.4) is 0 Å². The number of amides is 1. The lowest BCUT2D eigenvalue weighted by Gasteiger charge is -2.32. The molecule has 0 unspecified atom stereocenters. The number of halogens is 2. The van der Waals surface area contributed by atoms with Crippen molar-refractivity contribution in [1.29, 1.82) is 0 Å². The summed E-state index contributed by atoms with van der Waals surface area (Å²) in [6.45, 7) is 0. The van der Waals surface area contributed by atoms with Gasteiger partial charge in [-0.2, -0.15) is 0 Å². The molecule has 0 aromatic heterocycles. The van der Waals surface area contributed by atoms with E-state index in [0.717, 1.165) is 12.7 Å². The molecule has 0 aliphatic rings. The van der Waals surface area contributed by atoms with Gasteiger partial charge in [-0.05, 0) is 63.4 Å². The summed E-state index contributed by atoms with van der Waals surface area (Å²) < 4.78 is 13.2. The van der Waals surface area contributed by atoms with E-state index in [9.17, 15) is 4.79 Å². The zero-order valence-corrected chi connectivity index (χ0v) is 14.5. The number of primary amides is 1. The van der Waals surface area contributed by atoms with Gasteiger partial charge < -0.3 is 15.2 Å². The lowest BCUT2D eigenvalue weighted by atomic mass is 10.00. The number of hydrogen-bond donors (Lipinski definition) is 1. The summed E-state index contributed by atoms with van der Waals surface area (Å²) in [6, 6.07) is 6.00. The smallest absolute Gasteiger partial charge is 0.217 e. The third-order valence-corrected chi connectivity index (χ3v) is 4.31. The van der Waals surface area contributed by atoms with Crippen LogP contribution in [0, 0.1) is 7.14 Å². The Kier molecular flexibility index (Phi) is 6.28. The highest BCUT2D eigenvalue weighted by Gasteiger charge is 2.34. The van der Waals surface area contributed by atoms with Crippen molar-refractivity contribution in [2.75, 3.05) is 14.2 Å². The number of benzene rings is 1. The Bertz CT molecular complexity index is 433. The second-order valence-corrected chi connectivity index (χ2v) is 6.16. The fourth-order valence-corrected chi connectivity index (χ4v) is 2.96. The molecule has 1 aromatic rings. The van der Waals surface area contributed by atoms with Crippen LogP contribution in [0.15, 0.2) is 18.2 Å². The largest absolute Gasteiger partial charge is 0.370 e. The van der Waals surface area contributed by atoms with E-state index in [1.165, 1.54) is 0 Å². The molecule has 0 radical (unpaired) electrons. The lowest BCUT2D eigenvalue weighted by molar-refractivity contribution is -0.221. The first-order chi connectivity index (χ1) is 8.45.